The Balaban J connectivity index is 2.39. The maximum Gasteiger partial charge on any atom is 0.319 e. The second-order valence-electron chi connectivity index (χ2n) is 5.15. The van der Waals surface area contributed by atoms with Gasteiger partial charge in [0.2, 0.25) is 5.91 Å². The van der Waals surface area contributed by atoms with Crippen LogP contribution < -0.4 is 16.0 Å². The SMILES string of the molecule is CCNC(=O)Nc1ccc2c(c1)C(C)(C)C(=O)NC2=O. The first-order valence-electron chi connectivity index (χ1n) is 6.41. The molecule has 0 unspecified atom stereocenters. The van der Waals surface area contributed by atoms with Crippen LogP contribution in [0.2, 0.25) is 0 Å². The number of hydrogen-bond donors (Lipinski definition) is 3. The highest BCUT2D eigenvalue weighted by Crippen LogP contribution is 2.32. The smallest absolute Gasteiger partial charge is 0.319 e. The Morgan fingerprint density at radius 1 is 1.30 bits per heavy atom. The number of imide groups is 1. The van der Waals surface area contributed by atoms with Gasteiger partial charge in [0.05, 0.1) is 5.41 Å². The van der Waals surface area contributed by atoms with Gasteiger partial charge in [0.1, 0.15) is 0 Å². The number of fused-ring (bicyclic) bond motifs is 1. The fourth-order valence-electron chi connectivity index (χ4n) is 2.12. The van der Waals surface area contributed by atoms with Gasteiger partial charge in [-0.15, -0.1) is 0 Å². The standard InChI is InChI=1S/C14H17N3O3/c1-4-15-13(20)16-8-5-6-9-10(7-8)14(2,3)12(19)17-11(9)18/h5-7H,4H2,1-3H3,(H2,15,16,20)(H,17,18,19). The molecule has 106 valence electrons. The number of anilines is 1. The molecule has 2 rings (SSSR count). The molecule has 0 spiro atoms. The zero-order valence-electron chi connectivity index (χ0n) is 11.7. The Hall–Kier alpha value is -2.37. The number of carbonyl (C=O) groups excluding carboxylic acids is 3. The van der Waals surface area contributed by atoms with Gasteiger partial charge < -0.3 is 10.6 Å². The van der Waals surface area contributed by atoms with E-state index in [0.29, 0.717) is 23.4 Å². The van der Waals surface area contributed by atoms with Gasteiger partial charge in [-0.2, -0.15) is 0 Å². The number of urea groups is 1. The first kappa shape index (κ1) is 14.0. The van der Waals surface area contributed by atoms with Gasteiger partial charge >= 0.3 is 6.03 Å². The first-order chi connectivity index (χ1) is 9.36. The van der Waals surface area contributed by atoms with Crippen molar-refractivity contribution in [3.05, 3.63) is 29.3 Å². The van der Waals surface area contributed by atoms with Crippen LogP contribution in [0.25, 0.3) is 0 Å². The molecule has 3 N–H and O–H groups in total. The van der Waals surface area contributed by atoms with Crippen LogP contribution >= 0.6 is 0 Å². The minimum absolute atomic E-state index is 0.322. The molecule has 0 radical (unpaired) electrons. The number of benzene rings is 1. The van der Waals surface area contributed by atoms with E-state index in [-0.39, 0.29) is 11.9 Å². The van der Waals surface area contributed by atoms with Crippen LogP contribution in [-0.2, 0) is 10.2 Å². The molecule has 0 saturated carbocycles. The molecule has 0 aliphatic carbocycles. The zero-order valence-corrected chi connectivity index (χ0v) is 11.7. The summed E-state index contributed by atoms with van der Waals surface area (Å²) in [6.07, 6.45) is 0. The molecule has 0 aromatic heterocycles. The van der Waals surface area contributed by atoms with Gasteiger partial charge in [-0.1, -0.05) is 0 Å². The average Bonchev–Trinajstić information content (AvgIpc) is 2.37. The molecule has 1 aliphatic heterocycles. The highest BCUT2D eigenvalue weighted by molar-refractivity contribution is 6.13. The molecule has 0 saturated heterocycles. The first-order valence-corrected chi connectivity index (χ1v) is 6.41. The van der Waals surface area contributed by atoms with Crippen molar-refractivity contribution < 1.29 is 14.4 Å². The lowest BCUT2D eigenvalue weighted by Gasteiger charge is -2.30. The lowest BCUT2D eigenvalue weighted by molar-refractivity contribution is -0.125. The minimum Gasteiger partial charge on any atom is -0.338 e. The van der Waals surface area contributed by atoms with Crippen molar-refractivity contribution in [3.63, 3.8) is 0 Å². The summed E-state index contributed by atoms with van der Waals surface area (Å²) in [5.41, 5.74) is 0.796. The highest BCUT2D eigenvalue weighted by Gasteiger charge is 2.39. The van der Waals surface area contributed by atoms with E-state index in [1.54, 1.807) is 32.0 Å². The maximum atomic E-state index is 11.9. The summed E-state index contributed by atoms with van der Waals surface area (Å²) in [7, 11) is 0. The van der Waals surface area contributed by atoms with Crippen LogP contribution in [0.15, 0.2) is 18.2 Å². The van der Waals surface area contributed by atoms with Crippen LogP contribution in [0.1, 0.15) is 36.7 Å². The van der Waals surface area contributed by atoms with Crippen molar-refractivity contribution in [1.82, 2.24) is 10.6 Å². The Bertz CT molecular complexity index is 593. The number of carbonyl (C=O) groups is 3. The third-order valence-corrected chi connectivity index (χ3v) is 3.33. The summed E-state index contributed by atoms with van der Waals surface area (Å²) in [6, 6.07) is 4.60. The summed E-state index contributed by atoms with van der Waals surface area (Å²) in [6.45, 7) is 5.81. The van der Waals surface area contributed by atoms with Crippen molar-refractivity contribution in [2.45, 2.75) is 26.2 Å². The van der Waals surface area contributed by atoms with E-state index in [9.17, 15) is 14.4 Å². The van der Waals surface area contributed by atoms with Crippen LogP contribution in [-0.4, -0.2) is 24.4 Å². The number of nitrogens with one attached hydrogen (secondary N) is 3. The molecular formula is C14H17N3O3. The average molecular weight is 275 g/mol. The van der Waals surface area contributed by atoms with E-state index in [2.05, 4.69) is 16.0 Å². The molecule has 0 atom stereocenters. The van der Waals surface area contributed by atoms with Crippen molar-refractivity contribution in [3.8, 4) is 0 Å². The lowest BCUT2D eigenvalue weighted by atomic mass is 9.78. The molecule has 20 heavy (non-hydrogen) atoms. The van der Waals surface area contributed by atoms with E-state index in [1.807, 2.05) is 6.92 Å². The fourth-order valence-corrected chi connectivity index (χ4v) is 2.12. The number of amides is 4. The number of hydrogen-bond acceptors (Lipinski definition) is 3. The second-order valence-corrected chi connectivity index (χ2v) is 5.15. The van der Waals surface area contributed by atoms with Crippen LogP contribution in [0, 0.1) is 0 Å². The molecule has 1 aromatic carbocycles. The Morgan fingerprint density at radius 3 is 2.65 bits per heavy atom. The molecule has 1 heterocycles. The van der Waals surface area contributed by atoms with Crippen molar-refractivity contribution in [1.29, 1.82) is 0 Å². The molecule has 0 bridgehead atoms. The topological polar surface area (TPSA) is 87.3 Å². The van der Waals surface area contributed by atoms with E-state index >= 15 is 0 Å². The van der Waals surface area contributed by atoms with E-state index < -0.39 is 11.3 Å². The monoisotopic (exact) mass is 275 g/mol. The van der Waals surface area contributed by atoms with Crippen molar-refractivity contribution in [2.75, 3.05) is 11.9 Å². The van der Waals surface area contributed by atoms with E-state index in [4.69, 9.17) is 0 Å². The fraction of sp³-hybridized carbons (Fsp3) is 0.357. The van der Waals surface area contributed by atoms with E-state index in [0.717, 1.165) is 0 Å². The Kier molecular flexibility index (Phi) is 3.48. The van der Waals surface area contributed by atoms with Crippen molar-refractivity contribution in [2.24, 2.45) is 0 Å². The predicted molar refractivity (Wildman–Crippen MR) is 74.6 cm³/mol. The third-order valence-electron chi connectivity index (χ3n) is 3.33. The van der Waals surface area contributed by atoms with Gasteiger partial charge in [0, 0.05) is 17.8 Å². The maximum absolute atomic E-state index is 11.9. The second kappa shape index (κ2) is 4.96. The summed E-state index contributed by atoms with van der Waals surface area (Å²) >= 11 is 0. The minimum atomic E-state index is -0.817. The van der Waals surface area contributed by atoms with Gasteiger partial charge in [-0.25, -0.2) is 4.79 Å². The summed E-state index contributed by atoms with van der Waals surface area (Å²) in [5.74, 6) is -0.751. The van der Waals surface area contributed by atoms with Crippen LogP contribution in [0.5, 0.6) is 0 Å². The largest absolute Gasteiger partial charge is 0.338 e. The lowest BCUT2D eigenvalue weighted by Crippen LogP contribution is -2.48. The zero-order chi connectivity index (χ0) is 14.9. The highest BCUT2D eigenvalue weighted by atomic mass is 16.2. The predicted octanol–water partition coefficient (Wildman–Crippen LogP) is 1.38. The van der Waals surface area contributed by atoms with E-state index in [1.165, 1.54) is 0 Å². The summed E-state index contributed by atoms with van der Waals surface area (Å²) < 4.78 is 0. The van der Waals surface area contributed by atoms with Gasteiger partial charge in [0.15, 0.2) is 0 Å². The van der Waals surface area contributed by atoms with Crippen molar-refractivity contribution >= 4 is 23.5 Å². The summed E-state index contributed by atoms with van der Waals surface area (Å²) in [4.78, 5) is 35.2. The molecule has 0 fully saturated rings. The van der Waals surface area contributed by atoms with Crippen LogP contribution in [0.3, 0.4) is 0 Å². The van der Waals surface area contributed by atoms with Gasteiger partial charge in [0.25, 0.3) is 5.91 Å². The summed E-state index contributed by atoms with van der Waals surface area (Å²) in [5, 5.41) is 7.61. The quantitative estimate of drug-likeness (QED) is 0.712. The molecule has 4 amide bonds. The molecule has 1 aromatic rings. The third kappa shape index (κ3) is 2.36. The van der Waals surface area contributed by atoms with Gasteiger partial charge in [-0.3, -0.25) is 14.9 Å². The Morgan fingerprint density at radius 2 is 2.00 bits per heavy atom. The molecular weight excluding hydrogens is 258 g/mol. The van der Waals surface area contributed by atoms with Gasteiger partial charge in [-0.05, 0) is 44.5 Å². The number of rotatable bonds is 2. The normalized spacial score (nSPS) is 16.1. The molecule has 6 nitrogen and oxygen atoms in total. The molecule has 6 heteroatoms. The molecule has 1 aliphatic rings. The van der Waals surface area contributed by atoms with Crippen LogP contribution in [0.4, 0.5) is 10.5 Å². The Labute approximate surface area is 116 Å².